The van der Waals surface area contributed by atoms with Crippen molar-refractivity contribution in [1.82, 2.24) is 4.90 Å². The third-order valence-corrected chi connectivity index (χ3v) is 13.8. The van der Waals surface area contributed by atoms with E-state index in [9.17, 15) is 15.0 Å². The lowest BCUT2D eigenvalue weighted by molar-refractivity contribution is -0.252. The average molecular weight is 865 g/mol. The summed E-state index contributed by atoms with van der Waals surface area (Å²) in [6.07, 6.45) is 11.4. The standard InChI is InChI=1S/C54H60N2O8/c1-3-29-61-54-49(56(2)53(59)41-22-21-36-14-4-6-16-38(36)31-41)35-47(55-64-50-20-10-13-30-60-50)45-33-40(18-8-11-27-57)44(19-9-12-28-58)51(52(45)54)46-34-43(25-26-48(46)63-54)62-42-24-23-37-15-5-7-17-39(37)32-42/h3-7,14-17,21-26,31-34,40,44,49-52,57-58H,1,8-13,18-20,27-30,35H2,2H3. The van der Waals surface area contributed by atoms with Crippen molar-refractivity contribution < 1.29 is 38.8 Å². The van der Waals surface area contributed by atoms with Gasteiger partial charge in [-0.25, -0.2) is 0 Å². The van der Waals surface area contributed by atoms with Gasteiger partial charge in [-0.3, -0.25) is 4.79 Å². The molecule has 5 aromatic carbocycles. The number of hydrogen-bond acceptors (Lipinski definition) is 9. The SMILES string of the molecule is C=CCOC12Oc3ccc(Oc4ccc5ccccc5c4)cc3C3C(CCCCO)C(CCCCO)C=C(C(=NOC4CCCCO4)CC1N(C)C(=O)c1ccc4ccccc4c1)C32. The summed E-state index contributed by atoms with van der Waals surface area (Å²) in [6.45, 7) is 5.09. The third kappa shape index (κ3) is 8.81. The number of carbonyl (C=O) groups is 1. The van der Waals surface area contributed by atoms with E-state index in [1.165, 1.54) is 0 Å². The largest absolute Gasteiger partial charge is 0.459 e. The molecule has 10 nitrogen and oxygen atoms in total. The lowest BCUT2D eigenvalue weighted by Gasteiger charge is -2.59. The summed E-state index contributed by atoms with van der Waals surface area (Å²) in [7, 11) is 1.84. The number of rotatable bonds is 17. The van der Waals surface area contributed by atoms with Crippen molar-refractivity contribution in [2.75, 3.05) is 33.5 Å². The first kappa shape index (κ1) is 43.7. The van der Waals surface area contributed by atoms with Gasteiger partial charge in [-0.15, -0.1) is 6.58 Å². The van der Waals surface area contributed by atoms with E-state index in [2.05, 4.69) is 43.0 Å². The zero-order valence-electron chi connectivity index (χ0n) is 36.8. The summed E-state index contributed by atoms with van der Waals surface area (Å²) < 4.78 is 27.2. The zero-order valence-corrected chi connectivity index (χ0v) is 36.8. The fraction of sp³-hybridized carbons (Fsp3) is 0.407. The Labute approximate surface area is 376 Å². The number of aliphatic hydroxyl groups excluding tert-OH is 2. The van der Waals surface area contributed by atoms with Crippen molar-refractivity contribution in [3.63, 3.8) is 0 Å². The summed E-state index contributed by atoms with van der Waals surface area (Å²) in [5.74, 6) is 0.0946. The second kappa shape index (κ2) is 19.7. The Hall–Kier alpha value is -5.52. The van der Waals surface area contributed by atoms with Gasteiger partial charge in [-0.05, 0) is 120 Å². The highest BCUT2D eigenvalue weighted by Gasteiger charge is 2.65. The summed E-state index contributed by atoms with van der Waals surface area (Å²) in [5.41, 5.74) is 3.27. The summed E-state index contributed by atoms with van der Waals surface area (Å²) in [5, 5.41) is 29.2. The molecule has 1 amide bonds. The highest BCUT2D eigenvalue weighted by molar-refractivity contribution is 6.04. The van der Waals surface area contributed by atoms with Crippen LogP contribution in [0.2, 0.25) is 0 Å². The zero-order chi connectivity index (χ0) is 44.0. The molecule has 9 rings (SSSR count). The number of aliphatic hydroxyl groups is 2. The van der Waals surface area contributed by atoms with Crippen LogP contribution in [0, 0.1) is 17.8 Å². The summed E-state index contributed by atoms with van der Waals surface area (Å²) >= 11 is 0. The van der Waals surface area contributed by atoms with Crippen molar-refractivity contribution >= 4 is 33.2 Å². The quantitative estimate of drug-likeness (QED) is 0.0539. The Morgan fingerprint density at radius 3 is 2.30 bits per heavy atom. The minimum Gasteiger partial charge on any atom is -0.459 e. The topological polar surface area (TPSA) is 119 Å². The van der Waals surface area contributed by atoms with Crippen LogP contribution in [0.1, 0.15) is 86.0 Å². The molecule has 64 heavy (non-hydrogen) atoms. The van der Waals surface area contributed by atoms with Crippen LogP contribution in [0.15, 0.2) is 133 Å². The molecule has 1 saturated heterocycles. The molecule has 2 aliphatic carbocycles. The van der Waals surface area contributed by atoms with Crippen LogP contribution >= 0.6 is 0 Å². The molecule has 2 aliphatic heterocycles. The molecule has 0 radical (unpaired) electrons. The molecule has 334 valence electrons. The van der Waals surface area contributed by atoms with Crippen LogP contribution in [0.5, 0.6) is 17.2 Å². The number of benzene rings is 5. The van der Waals surface area contributed by atoms with E-state index in [0.29, 0.717) is 42.9 Å². The highest BCUT2D eigenvalue weighted by Crippen LogP contribution is 2.62. The van der Waals surface area contributed by atoms with Gasteiger partial charge in [-0.1, -0.05) is 90.8 Å². The Kier molecular flexibility index (Phi) is 13.5. The molecule has 1 saturated carbocycles. The van der Waals surface area contributed by atoms with E-state index >= 15 is 0 Å². The van der Waals surface area contributed by atoms with Gasteiger partial charge in [-0.2, -0.15) is 0 Å². The number of oxime groups is 1. The van der Waals surface area contributed by atoms with Crippen LogP contribution in [-0.2, 0) is 14.3 Å². The van der Waals surface area contributed by atoms with Gasteiger partial charge in [0.1, 0.15) is 23.3 Å². The maximum Gasteiger partial charge on any atom is 0.254 e. The summed E-state index contributed by atoms with van der Waals surface area (Å²) in [4.78, 5) is 23.0. The number of nitrogens with zero attached hydrogens (tertiary/aromatic N) is 2. The Balaban J connectivity index is 1.21. The van der Waals surface area contributed by atoms with E-state index in [1.807, 2.05) is 79.8 Å². The first-order chi connectivity index (χ1) is 31.4. The van der Waals surface area contributed by atoms with Gasteiger partial charge >= 0.3 is 0 Å². The Morgan fingerprint density at radius 2 is 1.56 bits per heavy atom. The van der Waals surface area contributed by atoms with Gasteiger partial charge in [0, 0.05) is 50.1 Å². The van der Waals surface area contributed by atoms with Crippen LogP contribution < -0.4 is 9.47 Å². The van der Waals surface area contributed by atoms with Gasteiger partial charge in [0.25, 0.3) is 5.91 Å². The van der Waals surface area contributed by atoms with Gasteiger partial charge < -0.3 is 38.9 Å². The van der Waals surface area contributed by atoms with Gasteiger partial charge in [0.2, 0.25) is 12.1 Å². The molecule has 7 unspecified atom stereocenters. The number of likely N-dealkylation sites (N-methyl/N-ethyl adjacent to an activating group) is 1. The van der Waals surface area contributed by atoms with Gasteiger partial charge in [0.15, 0.2) is 0 Å². The first-order valence-corrected chi connectivity index (χ1v) is 23.2. The molecule has 0 spiro atoms. The van der Waals surface area contributed by atoms with Crippen molar-refractivity contribution in [2.45, 2.75) is 88.2 Å². The summed E-state index contributed by atoms with van der Waals surface area (Å²) in [6, 6.07) is 33.6. The fourth-order valence-corrected chi connectivity index (χ4v) is 10.7. The molecule has 0 bridgehead atoms. The van der Waals surface area contributed by atoms with E-state index in [-0.39, 0.29) is 43.5 Å². The first-order valence-electron chi connectivity index (χ1n) is 23.2. The normalized spacial score (nSPS) is 25.5. The number of hydrogen-bond donors (Lipinski definition) is 2. The van der Waals surface area contributed by atoms with E-state index in [0.717, 1.165) is 89.1 Å². The predicted octanol–water partition coefficient (Wildman–Crippen LogP) is 10.7. The average Bonchev–Trinajstić information content (AvgIpc) is 3.33. The molecule has 5 aromatic rings. The van der Waals surface area contributed by atoms with E-state index in [4.69, 9.17) is 28.9 Å². The van der Waals surface area contributed by atoms with E-state index < -0.39 is 24.0 Å². The molecule has 2 fully saturated rings. The number of carbonyl (C=O) groups excluding carboxylic acids is 1. The fourth-order valence-electron chi connectivity index (χ4n) is 10.7. The minimum atomic E-state index is -1.37. The van der Waals surface area contributed by atoms with E-state index in [1.54, 1.807) is 11.0 Å². The smallest absolute Gasteiger partial charge is 0.254 e. The molecule has 2 N–H and O–H groups in total. The minimum absolute atomic E-state index is 0.0772. The molecule has 10 heteroatoms. The maximum atomic E-state index is 14.9. The molecular weight excluding hydrogens is 805 g/mol. The van der Waals surface area contributed by atoms with Crippen molar-refractivity contribution in [2.24, 2.45) is 22.9 Å². The number of unbranched alkanes of at least 4 members (excludes halogenated alkanes) is 2. The van der Waals surface area contributed by atoms with Crippen LogP contribution in [-0.4, -0.2) is 78.3 Å². The molecular formula is C54H60N2O8. The van der Waals surface area contributed by atoms with Crippen molar-refractivity contribution in [3.05, 3.63) is 139 Å². The lowest BCUT2D eigenvalue weighted by atomic mass is 9.55. The van der Waals surface area contributed by atoms with Crippen LogP contribution in [0.4, 0.5) is 0 Å². The Bertz CT molecular complexity index is 2510. The lowest BCUT2D eigenvalue weighted by Crippen LogP contribution is -2.69. The number of allylic oxidation sites excluding steroid dienone is 1. The number of fused-ring (bicyclic) bond motifs is 4. The second-order valence-corrected chi connectivity index (χ2v) is 17.8. The molecule has 0 aromatic heterocycles. The maximum absolute atomic E-state index is 14.9. The third-order valence-electron chi connectivity index (χ3n) is 13.8. The molecule has 4 aliphatic rings. The van der Waals surface area contributed by atoms with Gasteiger partial charge in [0.05, 0.1) is 24.8 Å². The highest BCUT2D eigenvalue weighted by atomic mass is 16.8. The monoisotopic (exact) mass is 864 g/mol. The van der Waals surface area contributed by atoms with Crippen LogP contribution in [0.3, 0.4) is 0 Å². The number of amides is 1. The predicted molar refractivity (Wildman–Crippen MR) is 250 cm³/mol. The van der Waals surface area contributed by atoms with Crippen molar-refractivity contribution in [3.8, 4) is 17.2 Å². The second-order valence-electron chi connectivity index (χ2n) is 17.8. The molecule has 7 atom stereocenters. The Morgan fingerprint density at radius 1 is 0.859 bits per heavy atom. The van der Waals surface area contributed by atoms with Crippen molar-refractivity contribution in [1.29, 1.82) is 0 Å². The van der Waals surface area contributed by atoms with Crippen LogP contribution in [0.25, 0.3) is 21.5 Å². The molecule has 2 heterocycles. The number of ether oxygens (including phenoxy) is 4.